The van der Waals surface area contributed by atoms with Gasteiger partial charge in [0.2, 0.25) is 0 Å². The van der Waals surface area contributed by atoms with E-state index >= 15 is 0 Å². The summed E-state index contributed by atoms with van der Waals surface area (Å²) in [4.78, 5) is 2.28. The molecule has 0 fully saturated rings. The summed E-state index contributed by atoms with van der Waals surface area (Å²) in [5.74, 6) is 0.206. The molecule has 0 unspecified atom stereocenters. The van der Waals surface area contributed by atoms with Crippen LogP contribution in [-0.2, 0) is 0 Å². The molecule has 0 aliphatic heterocycles. The van der Waals surface area contributed by atoms with Crippen molar-refractivity contribution in [3.8, 4) is 11.8 Å². The van der Waals surface area contributed by atoms with Gasteiger partial charge < -0.3 is 5.11 Å². The Morgan fingerprint density at radius 3 is 2.47 bits per heavy atom. The third kappa shape index (κ3) is 2.74. The molecule has 17 heavy (non-hydrogen) atoms. The zero-order valence-corrected chi connectivity index (χ0v) is 10.2. The smallest absolute Gasteiger partial charge is 0.115 e. The summed E-state index contributed by atoms with van der Waals surface area (Å²) in [5, 5.41) is 18.3. The Balaban J connectivity index is 2.37. The van der Waals surface area contributed by atoms with Crippen LogP contribution in [0.25, 0.3) is 11.6 Å². The second kappa shape index (κ2) is 4.86. The maximum Gasteiger partial charge on any atom is 0.115 e. The minimum atomic E-state index is 0.206. The van der Waals surface area contributed by atoms with Crippen LogP contribution in [0.3, 0.4) is 0 Å². The number of nitrogens with zero attached hydrogens (tertiary/aromatic N) is 1. The van der Waals surface area contributed by atoms with E-state index in [0.717, 1.165) is 10.4 Å². The van der Waals surface area contributed by atoms with Crippen molar-refractivity contribution in [1.82, 2.24) is 0 Å². The Labute approximate surface area is 104 Å². The summed E-state index contributed by atoms with van der Waals surface area (Å²) in [7, 11) is 0. The Morgan fingerprint density at radius 1 is 1.24 bits per heavy atom. The number of phenols is 1. The van der Waals surface area contributed by atoms with Gasteiger partial charge >= 0.3 is 0 Å². The average molecular weight is 241 g/mol. The van der Waals surface area contributed by atoms with Crippen LogP contribution < -0.4 is 0 Å². The highest BCUT2D eigenvalue weighted by molar-refractivity contribution is 7.12. The van der Waals surface area contributed by atoms with Crippen molar-refractivity contribution >= 4 is 23.0 Å². The molecule has 1 heterocycles. The normalized spacial score (nSPS) is 11.2. The summed E-state index contributed by atoms with van der Waals surface area (Å²) in [5.41, 5.74) is 1.42. The number of phenolic OH excluding ortho intramolecular Hbond substituents is 1. The molecule has 0 saturated heterocycles. The first-order valence-corrected chi connectivity index (χ1v) is 5.98. The first-order chi connectivity index (χ1) is 8.19. The zero-order chi connectivity index (χ0) is 12.3. The van der Waals surface area contributed by atoms with Crippen LogP contribution in [0.4, 0.5) is 0 Å². The van der Waals surface area contributed by atoms with Crippen LogP contribution in [-0.4, -0.2) is 5.11 Å². The number of thiophene rings is 1. The van der Waals surface area contributed by atoms with Gasteiger partial charge in [0.25, 0.3) is 0 Å². The van der Waals surface area contributed by atoms with Crippen molar-refractivity contribution in [3.63, 3.8) is 0 Å². The molecule has 0 saturated carbocycles. The molecule has 0 amide bonds. The molecule has 2 rings (SSSR count). The third-order valence-corrected chi connectivity index (χ3v) is 3.29. The number of benzene rings is 1. The largest absolute Gasteiger partial charge is 0.508 e. The zero-order valence-electron chi connectivity index (χ0n) is 9.34. The van der Waals surface area contributed by atoms with Gasteiger partial charge in [-0.05, 0) is 55.0 Å². The Kier molecular flexibility index (Phi) is 3.27. The molecule has 0 spiro atoms. The number of hydrogen-bond acceptors (Lipinski definition) is 3. The lowest BCUT2D eigenvalue weighted by Crippen LogP contribution is -1.79. The fraction of sp³-hybridized carbons (Fsp3) is 0.0714. The SMILES string of the molecule is Cc1ccc(/C=C(\C#N)c2ccc(O)cc2)s1. The molecule has 0 radical (unpaired) electrons. The molecular formula is C14H11NOS. The quantitative estimate of drug-likeness (QED) is 0.812. The highest BCUT2D eigenvalue weighted by Gasteiger charge is 2.02. The minimum absolute atomic E-state index is 0.206. The van der Waals surface area contributed by atoms with E-state index < -0.39 is 0 Å². The van der Waals surface area contributed by atoms with E-state index in [9.17, 15) is 5.11 Å². The summed E-state index contributed by atoms with van der Waals surface area (Å²) >= 11 is 1.65. The molecule has 0 aliphatic rings. The van der Waals surface area contributed by atoms with Crippen molar-refractivity contribution in [2.24, 2.45) is 0 Å². The highest BCUT2D eigenvalue weighted by Crippen LogP contribution is 2.23. The van der Waals surface area contributed by atoms with E-state index in [0.29, 0.717) is 5.57 Å². The second-order valence-electron chi connectivity index (χ2n) is 3.67. The fourth-order valence-corrected chi connectivity index (χ4v) is 2.32. The Bertz CT molecular complexity index is 587. The third-order valence-electron chi connectivity index (χ3n) is 2.35. The number of allylic oxidation sites excluding steroid dienone is 1. The van der Waals surface area contributed by atoms with Crippen LogP contribution >= 0.6 is 11.3 Å². The molecule has 84 valence electrons. The van der Waals surface area contributed by atoms with E-state index in [1.807, 2.05) is 25.1 Å². The first kappa shape index (κ1) is 11.4. The number of aromatic hydroxyl groups is 1. The van der Waals surface area contributed by atoms with E-state index in [1.165, 1.54) is 4.88 Å². The van der Waals surface area contributed by atoms with Crippen LogP contribution in [0.1, 0.15) is 15.3 Å². The van der Waals surface area contributed by atoms with Gasteiger partial charge in [0.1, 0.15) is 5.75 Å². The minimum Gasteiger partial charge on any atom is -0.508 e. The van der Waals surface area contributed by atoms with Gasteiger partial charge in [0.05, 0.1) is 11.6 Å². The molecule has 1 aromatic heterocycles. The average Bonchev–Trinajstić information content (AvgIpc) is 2.73. The van der Waals surface area contributed by atoms with Gasteiger partial charge in [-0.15, -0.1) is 11.3 Å². The maximum absolute atomic E-state index is 9.20. The predicted molar refractivity (Wildman–Crippen MR) is 70.6 cm³/mol. The summed E-state index contributed by atoms with van der Waals surface area (Å²) in [6.07, 6.45) is 1.87. The van der Waals surface area contributed by atoms with Crippen LogP contribution in [0.2, 0.25) is 0 Å². The van der Waals surface area contributed by atoms with Crippen molar-refractivity contribution in [1.29, 1.82) is 5.26 Å². The fourth-order valence-electron chi connectivity index (χ4n) is 1.49. The van der Waals surface area contributed by atoms with E-state index in [2.05, 4.69) is 6.07 Å². The summed E-state index contributed by atoms with van der Waals surface area (Å²) in [6, 6.07) is 12.9. The lowest BCUT2D eigenvalue weighted by molar-refractivity contribution is 0.475. The Hall–Kier alpha value is -2.05. The molecule has 0 aliphatic carbocycles. The molecule has 1 aromatic carbocycles. The van der Waals surface area contributed by atoms with Gasteiger partial charge in [-0.2, -0.15) is 5.26 Å². The monoisotopic (exact) mass is 241 g/mol. The molecule has 3 heteroatoms. The predicted octanol–water partition coefficient (Wildman–Crippen LogP) is 3.83. The van der Waals surface area contributed by atoms with E-state index in [4.69, 9.17) is 5.26 Å². The van der Waals surface area contributed by atoms with Gasteiger partial charge in [-0.3, -0.25) is 0 Å². The lowest BCUT2D eigenvalue weighted by Gasteiger charge is -1.98. The molecule has 1 N–H and O–H groups in total. The first-order valence-electron chi connectivity index (χ1n) is 5.16. The topological polar surface area (TPSA) is 44.0 Å². The maximum atomic E-state index is 9.20. The Morgan fingerprint density at radius 2 is 1.94 bits per heavy atom. The number of aryl methyl sites for hydroxylation is 1. The summed E-state index contributed by atoms with van der Waals surface area (Å²) in [6.45, 7) is 2.04. The van der Waals surface area contributed by atoms with Crippen molar-refractivity contribution in [3.05, 3.63) is 51.7 Å². The standard InChI is InChI=1S/C14H11NOS/c1-10-2-7-14(17-10)8-12(9-15)11-3-5-13(16)6-4-11/h2-8,16H,1H3/b12-8+. The van der Waals surface area contributed by atoms with Gasteiger partial charge in [-0.1, -0.05) is 0 Å². The lowest BCUT2D eigenvalue weighted by atomic mass is 10.1. The summed E-state index contributed by atoms with van der Waals surface area (Å²) < 4.78 is 0. The van der Waals surface area contributed by atoms with Crippen LogP contribution in [0.15, 0.2) is 36.4 Å². The molecular weight excluding hydrogens is 230 g/mol. The van der Waals surface area contributed by atoms with Crippen LogP contribution in [0, 0.1) is 18.3 Å². The van der Waals surface area contributed by atoms with Crippen molar-refractivity contribution < 1.29 is 5.11 Å². The van der Waals surface area contributed by atoms with Crippen molar-refractivity contribution in [2.75, 3.05) is 0 Å². The van der Waals surface area contributed by atoms with Gasteiger partial charge in [0.15, 0.2) is 0 Å². The van der Waals surface area contributed by atoms with E-state index in [-0.39, 0.29) is 5.75 Å². The molecule has 2 aromatic rings. The molecule has 0 bridgehead atoms. The number of hydrogen-bond donors (Lipinski definition) is 1. The number of nitriles is 1. The van der Waals surface area contributed by atoms with Crippen LogP contribution in [0.5, 0.6) is 5.75 Å². The highest BCUT2D eigenvalue weighted by atomic mass is 32.1. The number of rotatable bonds is 2. The van der Waals surface area contributed by atoms with Gasteiger partial charge in [0, 0.05) is 9.75 Å². The molecule has 2 nitrogen and oxygen atoms in total. The van der Waals surface area contributed by atoms with Gasteiger partial charge in [-0.25, -0.2) is 0 Å². The second-order valence-corrected chi connectivity index (χ2v) is 4.98. The molecule has 0 atom stereocenters. The van der Waals surface area contributed by atoms with E-state index in [1.54, 1.807) is 35.6 Å². The van der Waals surface area contributed by atoms with Crippen molar-refractivity contribution in [2.45, 2.75) is 6.92 Å².